The number of hydrogen-bond acceptors (Lipinski definition) is 5. The second-order valence-corrected chi connectivity index (χ2v) is 8.79. The molecule has 1 aliphatic heterocycles. The second kappa shape index (κ2) is 7.80. The van der Waals surface area contributed by atoms with E-state index in [2.05, 4.69) is 22.3 Å². The van der Waals surface area contributed by atoms with Gasteiger partial charge < -0.3 is 10.1 Å². The van der Waals surface area contributed by atoms with Crippen molar-refractivity contribution in [3.05, 3.63) is 52.8 Å². The Bertz CT molecular complexity index is 1020. The summed E-state index contributed by atoms with van der Waals surface area (Å²) in [4.78, 5) is 21.3. The summed E-state index contributed by atoms with van der Waals surface area (Å²) in [5, 5.41) is 5.21. The van der Waals surface area contributed by atoms with E-state index in [1.807, 2.05) is 28.1 Å². The fraction of sp³-hybridized carbons (Fsp3) is 0.455. The van der Waals surface area contributed by atoms with Crippen LogP contribution in [0.4, 0.5) is 0 Å². The molecule has 5 rings (SSSR count). The number of methoxy groups -OCH3 is 1. The van der Waals surface area contributed by atoms with E-state index in [4.69, 9.17) is 9.72 Å². The molecule has 1 unspecified atom stereocenters. The van der Waals surface area contributed by atoms with E-state index >= 15 is 0 Å². The topological polar surface area (TPSA) is 58.9 Å². The molecule has 0 bridgehead atoms. The van der Waals surface area contributed by atoms with Gasteiger partial charge in [-0.05, 0) is 56.5 Å². The number of nitrogens with zero attached hydrogens (tertiary/aromatic N) is 3. The van der Waals surface area contributed by atoms with Crippen molar-refractivity contribution in [2.75, 3.05) is 26.7 Å². The minimum atomic E-state index is -0.0232. The van der Waals surface area contributed by atoms with Crippen LogP contribution in [0.25, 0.3) is 4.96 Å². The molecule has 1 aromatic carbocycles. The fourth-order valence-corrected chi connectivity index (χ4v) is 5.02. The van der Waals surface area contributed by atoms with Gasteiger partial charge in [0.1, 0.15) is 11.4 Å². The van der Waals surface area contributed by atoms with Crippen molar-refractivity contribution in [3.63, 3.8) is 0 Å². The van der Waals surface area contributed by atoms with Gasteiger partial charge in [-0.2, -0.15) is 0 Å². The number of aromatic nitrogens is 2. The molecular weight excluding hydrogens is 384 g/mol. The van der Waals surface area contributed by atoms with Gasteiger partial charge in [0.25, 0.3) is 5.91 Å². The number of ether oxygens (including phenoxy) is 1. The number of rotatable bonds is 7. The van der Waals surface area contributed by atoms with Crippen LogP contribution in [0.1, 0.15) is 59.4 Å². The molecule has 1 saturated heterocycles. The smallest absolute Gasteiger partial charge is 0.270 e. The number of thiazole rings is 1. The van der Waals surface area contributed by atoms with E-state index in [1.54, 1.807) is 18.4 Å². The first-order valence-electron chi connectivity index (χ1n) is 10.4. The second-order valence-electron chi connectivity index (χ2n) is 7.92. The third-order valence-corrected chi connectivity index (χ3v) is 6.74. The summed E-state index contributed by atoms with van der Waals surface area (Å²) in [5.74, 6) is 1.27. The largest absolute Gasteiger partial charge is 0.497 e. The highest BCUT2D eigenvalue weighted by Gasteiger charge is 2.33. The molecule has 2 aliphatic rings. The monoisotopic (exact) mass is 410 g/mol. The van der Waals surface area contributed by atoms with Gasteiger partial charge in [-0.3, -0.25) is 14.1 Å². The van der Waals surface area contributed by atoms with E-state index in [1.165, 1.54) is 18.4 Å². The van der Waals surface area contributed by atoms with Crippen molar-refractivity contribution in [1.82, 2.24) is 19.6 Å². The lowest BCUT2D eigenvalue weighted by Crippen LogP contribution is -2.37. The van der Waals surface area contributed by atoms with Gasteiger partial charge in [0.05, 0.1) is 18.8 Å². The number of fused-ring (bicyclic) bond motifs is 1. The average Bonchev–Trinajstić information content (AvgIpc) is 3.12. The Balaban J connectivity index is 1.39. The van der Waals surface area contributed by atoms with Crippen LogP contribution >= 0.6 is 11.3 Å². The van der Waals surface area contributed by atoms with Crippen LogP contribution in [0.3, 0.4) is 0 Å². The molecule has 7 heteroatoms. The molecule has 1 aliphatic carbocycles. The Morgan fingerprint density at radius 2 is 2.17 bits per heavy atom. The van der Waals surface area contributed by atoms with Crippen LogP contribution in [0, 0.1) is 0 Å². The maximum Gasteiger partial charge on any atom is 0.270 e. The predicted molar refractivity (Wildman–Crippen MR) is 114 cm³/mol. The molecule has 1 amide bonds. The molecule has 0 radical (unpaired) electrons. The highest BCUT2D eigenvalue weighted by Crippen LogP contribution is 2.41. The maximum absolute atomic E-state index is 13.2. The van der Waals surface area contributed by atoms with Gasteiger partial charge in [0.2, 0.25) is 0 Å². The highest BCUT2D eigenvalue weighted by molar-refractivity contribution is 7.15. The van der Waals surface area contributed by atoms with E-state index in [9.17, 15) is 4.79 Å². The quantitative estimate of drug-likeness (QED) is 0.643. The number of nitrogens with one attached hydrogen (secondary N) is 1. The summed E-state index contributed by atoms with van der Waals surface area (Å²) in [6.07, 6.45) is 6.63. The SMILES string of the molecule is COc1cccc(C(CNC(=O)c2c(C3CC3)nc3sccn23)N2CCCC2)c1. The predicted octanol–water partition coefficient (Wildman–Crippen LogP) is 3.85. The molecule has 3 aromatic rings. The summed E-state index contributed by atoms with van der Waals surface area (Å²) >= 11 is 1.58. The zero-order valence-corrected chi connectivity index (χ0v) is 17.5. The molecular formula is C22H26N4O2S. The minimum Gasteiger partial charge on any atom is -0.497 e. The number of amides is 1. The molecule has 152 valence electrons. The summed E-state index contributed by atoms with van der Waals surface area (Å²) < 4.78 is 7.37. The van der Waals surface area contributed by atoms with Crippen molar-refractivity contribution >= 4 is 22.2 Å². The molecule has 2 aromatic heterocycles. The Morgan fingerprint density at radius 1 is 1.34 bits per heavy atom. The number of imidazole rings is 1. The van der Waals surface area contributed by atoms with Crippen molar-refractivity contribution in [1.29, 1.82) is 0 Å². The van der Waals surface area contributed by atoms with Gasteiger partial charge in [-0.1, -0.05) is 12.1 Å². The Labute approximate surface area is 174 Å². The number of hydrogen-bond donors (Lipinski definition) is 1. The summed E-state index contributed by atoms with van der Waals surface area (Å²) in [7, 11) is 1.69. The molecule has 1 saturated carbocycles. The van der Waals surface area contributed by atoms with E-state index in [-0.39, 0.29) is 11.9 Å². The van der Waals surface area contributed by atoms with Crippen molar-refractivity contribution in [2.45, 2.75) is 37.6 Å². The number of benzene rings is 1. The van der Waals surface area contributed by atoms with E-state index < -0.39 is 0 Å². The van der Waals surface area contributed by atoms with Crippen molar-refractivity contribution < 1.29 is 9.53 Å². The molecule has 1 N–H and O–H groups in total. The summed E-state index contributed by atoms with van der Waals surface area (Å²) in [6.45, 7) is 2.70. The number of carbonyl (C=O) groups excluding carboxylic acids is 1. The van der Waals surface area contributed by atoms with Crippen LogP contribution in [0.2, 0.25) is 0 Å². The molecule has 2 fully saturated rings. The first kappa shape index (κ1) is 18.6. The van der Waals surface area contributed by atoms with Crippen LogP contribution in [-0.2, 0) is 0 Å². The van der Waals surface area contributed by atoms with Gasteiger partial charge in [-0.15, -0.1) is 11.3 Å². The van der Waals surface area contributed by atoms with Crippen LogP contribution in [0.15, 0.2) is 35.8 Å². The first-order chi connectivity index (χ1) is 14.2. The van der Waals surface area contributed by atoms with Gasteiger partial charge >= 0.3 is 0 Å². The lowest BCUT2D eigenvalue weighted by molar-refractivity contribution is 0.0931. The Hall–Kier alpha value is -2.38. The Kier molecular flexibility index (Phi) is 5.01. The van der Waals surface area contributed by atoms with Crippen molar-refractivity contribution in [2.24, 2.45) is 0 Å². The molecule has 0 spiro atoms. The lowest BCUT2D eigenvalue weighted by atomic mass is 10.0. The molecule has 1 atom stereocenters. The zero-order valence-electron chi connectivity index (χ0n) is 16.6. The van der Waals surface area contributed by atoms with Crippen LogP contribution in [-0.4, -0.2) is 46.9 Å². The molecule has 3 heterocycles. The van der Waals surface area contributed by atoms with E-state index in [0.717, 1.165) is 48.0 Å². The lowest BCUT2D eigenvalue weighted by Gasteiger charge is -2.28. The normalized spacial score (nSPS) is 18.2. The van der Waals surface area contributed by atoms with E-state index in [0.29, 0.717) is 12.5 Å². The third-order valence-electron chi connectivity index (χ3n) is 5.98. The maximum atomic E-state index is 13.2. The minimum absolute atomic E-state index is 0.0232. The molecule has 29 heavy (non-hydrogen) atoms. The van der Waals surface area contributed by atoms with Crippen molar-refractivity contribution in [3.8, 4) is 5.75 Å². The number of carbonyl (C=O) groups is 1. The van der Waals surface area contributed by atoms with Gasteiger partial charge in [-0.25, -0.2) is 4.98 Å². The highest BCUT2D eigenvalue weighted by atomic mass is 32.1. The average molecular weight is 411 g/mol. The summed E-state index contributed by atoms with van der Waals surface area (Å²) in [6, 6.07) is 8.34. The van der Waals surface area contributed by atoms with Gasteiger partial charge in [0, 0.05) is 24.0 Å². The Morgan fingerprint density at radius 3 is 2.93 bits per heavy atom. The standard InChI is InChI=1S/C22H26N4O2S/c1-28-17-6-4-5-16(13-17)18(25-9-2-3-10-25)14-23-21(27)20-19(15-7-8-15)24-22-26(20)11-12-29-22/h4-6,11-13,15,18H,2-3,7-10,14H2,1H3,(H,23,27). The first-order valence-corrected chi connectivity index (χ1v) is 11.2. The number of likely N-dealkylation sites (tertiary alicyclic amines) is 1. The van der Waals surface area contributed by atoms with Crippen LogP contribution in [0.5, 0.6) is 5.75 Å². The molecule has 6 nitrogen and oxygen atoms in total. The van der Waals surface area contributed by atoms with Gasteiger partial charge in [0.15, 0.2) is 4.96 Å². The third kappa shape index (κ3) is 3.65. The van der Waals surface area contributed by atoms with Crippen LogP contribution < -0.4 is 10.1 Å². The fourth-order valence-electron chi connectivity index (χ4n) is 4.30. The summed E-state index contributed by atoms with van der Waals surface area (Å²) in [5.41, 5.74) is 2.87. The zero-order chi connectivity index (χ0) is 19.8.